The number of rotatable bonds is 2. The molecule has 0 aliphatic carbocycles. The number of anilines is 1. The fourth-order valence-corrected chi connectivity index (χ4v) is 2.44. The SMILES string of the molecule is O=C(Nc1cc(Cl)ccc1Cl)c1cc(S)ccc1Br. The van der Waals surface area contributed by atoms with E-state index in [0.717, 1.165) is 0 Å². The molecule has 0 aromatic heterocycles. The van der Waals surface area contributed by atoms with Crippen molar-refractivity contribution in [2.75, 3.05) is 5.32 Å². The summed E-state index contributed by atoms with van der Waals surface area (Å²) in [7, 11) is 0. The highest BCUT2D eigenvalue weighted by atomic mass is 79.9. The molecule has 0 unspecified atom stereocenters. The molecule has 2 rings (SSSR count). The van der Waals surface area contributed by atoms with E-state index in [9.17, 15) is 4.79 Å². The topological polar surface area (TPSA) is 29.1 Å². The summed E-state index contributed by atoms with van der Waals surface area (Å²) in [6.45, 7) is 0. The number of hydrogen-bond acceptors (Lipinski definition) is 2. The van der Waals surface area contributed by atoms with Crippen molar-refractivity contribution in [1.29, 1.82) is 0 Å². The molecule has 19 heavy (non-hydrogen) atoms. The Kier molecular flexibility index (Phi) is 4.79. The predicted octanol–water partition coefficient (Wildman–Crippen LogP) is 5.30. The third-order valence-corrected chi connectivity index (χ3v) is 3.91. The monoisotopic (exact) mass is 375 g/mol. The molecule has 0 fully saturated rings. The van der Waals surface area contributed by atoms with E-state index in [1.54, 1.807) is 36.4 Å². The van der Waals surface area contributed by atoms with Gasteiger partial charge in [0.05, 0.1) is 16.3 Å². The highest BCUT2D eigenvalue weighted by Gasteiger charge is 2.12. The maximum atomic E-state index is 12.2. The van der Waals surface area contributed by atoms with Crippen LogP contribution in [-0.2, 0) is 0 Å². The molecule has 1 amide bonds. The van der Waals surface area contributed by atoms with Crippen LogP contribution in [0.5, 0.6) is 0 Å². The molecule has 1 N–H and O–H groups in total. The Hall–Kier alpha value is -0.680. The Morgan fingerprint density at radius 3 is 2.63 bits per heavy atom. The Morgan fingerprint density at radius 2 is 1.89 bits per heavy atom. The first-order chi connectivity index (χ1) is 8.97. The quantitative estimate of drug-likeness (QED) is 0.684. The summed E-state index contributed by atoms with van der Waals surface area (Å²) in [5.74, 6) is -0.285. The maximum Gasteiger partial charge on any atom is 0.256 e. The minimum Gasteiger partial charge on any atom is -0.321 e. The highest BCUT2D eigenvalue weighted by molar-refractivity contribution is 9.10. The molecular formula is C13H8BrCl2NOS. The van der Waals surface area contributed by atoms with Crippen LogP contribution in [-0.4, -0.2) is 5.91 Å². The molecule has 0 spiro atoms. The second-order valence-electron chi connectivity index (χ2n) is 3.74. The van der Waals surface area contributed by atoms with Crippen LogP contribution in [0.2, 0.25) is 10.0 Å². The van der Waals surface area contributed by atoms with Crippen LogP contribution in [0.25, 0.3) is 0 Å². The first kappa shape index (κ1) is 14.7. The van der Waals surface area contributed by atoms with Crippen molar-refractivity contribution in [2.45, 2.75) is 4.90 Å². The molecule has 0 bridgehead atoms. The zero-order valence-corrected chi connectivity index (χ0v) is 13.4. The third-order valence-electron chi connectivity index (χ3n) is 2.37. The van der Waals surface area contributed by atoms with E-state index < -0.39 is 0 Å². The van der Waals surface area contributed by atoms with Crippen LogP contribution in [0.15, 0.2) is 45.8 Å². The predicted molar refractivity (Wildman–Crippen MR) is 85.8 cm³/mol. The second-order valence-corrected chi connectivity index (χ2v) is 5.96. The molecule has 2 nitrogen and oxygen atoms in total. The van der Waals surface area contributed by atoms with Gasteiger partial charge in [-0.25, -0.2) is 0 Å². The van der Waals surface area contributed by atoms with Crippen molar-refractivity contribution in [3.8, 4) is 0 Å². The van der Waals surface area contributed by atoms with Gasteiger partial charge in [-0.05, 0) is 52.3 Å². The minimum absolute atomic E-state index is 0.285. The molecule has 2 aromatic rings. The van der Waals surface area contributed by atoms with Crippen LogP contribution in [0.4, 0.5) is 5.69 Å². The first-order valence-electron chi connectivity index (χ1n) is 5.22. The second kappa shape index (κ2) is 6.18. The fourth-order valence-electron chi connectivity index (χ4n) is 1.47. The average molecular weight is 377 g/mol. The summed E-state index contributed by atoms with van der Waals surface area (Å²) in [5.41, 5.74) is 0.944. The lowest BCUT2D eigenvalue weighted by atomic mass is 10.2. The summed E-state index contributed by atoms with van der Waals surface area (Å²) in [4.78, 5) is 12.9. The van der Waals surface area contributed by atoms with E-state index in [4.69, 9.17) is 23.2 Å². The van der Waals surface area contributed by atoms with E-state index in [1.807, 2.05) is 0 Å². The molecule has 0 radical (unpaired) electrons. The molecule has 0 heterocycles. The number of nitrogens with one attached hydrogen (secondary N) is 1. The van der Waals surface area contributed by atoms with Crippen LogP contribution in [0, 0.1) is 0 Å². The standard InChI is InChI=1S/C13H8BrCl2NOS/c14-10-3-2-8(19)6-9(10)13(18)17-12-5-7(15)1-4-11(12)16/h1-6,19H,(H,17,18). The Labute approximate surface area is 134 Å². The minimum atomic E-state index is -0.285. The largest absolute Gasteiger partial charge is 0.321 e. The number of carbonyl (C=O) groups is 1. The molecule has 0 aliphatic rings. The molecule has 6 heteroatoms. The molecule has 98 valence electrons. The van der Waals surface area contributed by atoms with Gasteiger partial charge in [-0.3, -0.25) is 4.79 Å². The number of benzene rings is 2. The third kappa shape index (κ3) is 3.66. The summed E-state index contributed by atoms with van der Waals surface area (Å²) in [6.07, 6.45) is 0. The molecule has 0 atom stereocenters. The van der Waals surface area contributed by atoms with Gasteiger partial charge in [-0.1, -0.05) is 23.2 Å². The normalized spacial score (nSPS) is 10.3. The maximum absolute atomic E-state index is 12.2. The summed E-state index contributed by atoms with van der Waals surface area (Å²) in [6, 6.07) is 10.1. The zero-order chi connectivity index (χ0) is 14.0. The zero-order valence-electron chi connectivity index (χ0n) is 9.45. The van der Waals surface area contributed by atoms with Crippen molar-refractivity contribution in [3.63, 3.8) is 0 Å². The summed E-state index contributed by atoms with van der Waals surface area (Å²) >= 11 is 19.4. The molecule has 2 aromatic carbocycles. The van der Waals surface area contributed by atoms with Gasteiger partial charge in [0.1, 0.15) is 0 Å². The Bertz CT molecular complexity index is 649. The van der Waals surface area contributed by atoms with Crippen molar-refractivity contribution >= 4 is 63.4 Å². The van der Waals surface area contributed by atoms with Crippen LogP contribution in [0.1, 0.15) is 10.4 Å². The number of hydrogen-bond donors (Lipinski definition) is 2. The van der Waals surface area contributed by atoms with Crippen molar-refractivity contribution in [3.05, 3.63) is 56.5 Å². The highest BCUT2D eigenvalue weighted by Crippen LogP contribution is 2.27. The van der Waals surface area contributed by atoms with Gasteiger partial charge in [-0.2, -0.15) is 0 Å². The smallest absolute Gasteiger partial charge is 0.256 e. The van der Waals surface area contributed by atoms with E-state index in [1.165, 1.54) is 0 Å². The van der Waals surface area contributed by atoms with Gasteiger partial charge in [0.15, 0.2) is 0 Å². The number of halogens is 3. The lowest BCUT2D eigenvalue weighted by Gasteiger charge is -2.09. The number of carbonyl (C=O) groups excluding carboxylic acids is 1. The Morgan fingerprint density at radius 1 is 1.16 bits per heavy atom. The Balaban J connectivity index is 2.30. The van der Waals surface area contributed by atoms with Gasteiger partial charge >= 0.3 is 0 Å². The summed E-state index contributed by atoms with van der Waals surface area (Å²) in [5, 5.41) is 3.64. The van der Waals surface area contributed by atoms with Gasteiger partial charge < -0.3 is 5.32 Å². The molecule has 0 aliphatic heterocycles. The van der Waals surface area contributed by atoms with Crippen molar-refractivity contribution in [1.82, 2.24) is 0 Å². The number of amides is 1. The van der Waals surface area contributed by atoms with Crippen LogP contribution < -0.4 is 5.32 Å². The van der Waals surface area contributed by atoms with E-state index in [2.05, 4.69) is 33.9 Å². The molecule has 0 saturated heterocycles. The van der Waals surface area contributed by atoms with Gasteiger partial charge in [0, 0.05) is 14.4 Å². The van der Waals surface area contributed by atoms with Crippen molar-refractivity contribution in [2.24, 2.45) is 0 Å². The number of thiol groups is 1. The van der Waals surface area contributed by atoms with E-state index >= 15 is 0 Å². The molecular weight excluding hydrogens is 369 g/mol. The van der Waals surface area contributed by atoms with E-state index in [-0.39, 0.29) is 5.91 Å². The van der Waals surface area contributed by atoms with Gasteiger partial charge in [0.2, 0.25) is 0 Å². The van der Waals surface area contributed by atoms with E-state index in [0.29, 0.717) is 30.7 Å². The fraction of sp³-hybridized carbons (Fsp3) is 0. The van der Waals surface area contributed by atoms with Crippen LogP contribution in [0.3, 0.4) is 0 Å². The van der Waals surface area contributed by atoms with Gasteiger partial charge in [-0.15, -0.1) is 12.6 Å². The van der Waals surface area contributed by atoms with Gasteiger partial charge in [0.25, 0.3) is 5.91 Å². The average Bonchev–Trinajstić information content (AvgIpc) is 2.36. The first-order valence-corrected chi connectivity index (χ1v) is 7.22. The van der Waals surface area contributed by atoms with Crippen LogP contribution >= 0.6 is 51.8 Å². The summed E-state index contributed by atoms with van der Waals surface area (Å²) < 4.78 is 0.681. The molecule has 0 saturated carbocycles. The lowest BCUT2D eigenvalue weighted by molar-refractivity contribution is 0.102. The lowest BCUT2D eigenvalue weighted by Crippen LogP contribution is -2.13. The van der Waals surface area contributed by atoms with Crippen molar-refractivity contribution < 1.29 is 4.79 Å².